The number of carbonyl (C=O) groups is 1. The van der Waals surface area contributed by atoms with Gasteiger partial charge in [0.25, 0.3) is 0 Å². The smallest absolute Gasteiger partial charge is 0.217 e. The Morgan fingerprint density at radius 2 is 1.82 bits per heavy atom. The first-order valence-corrected chi connectivity index (χ1v) is 7.65. The van der Waals surface area contributed by atoms with Crippen molar-refractivity contribution in [3.8, 4) is 0 Å². The first-order chi connectivity index (χ1) is 10.6. The SMILES string of the molecule is CC(=O)NC1CCC(Nc2cc(N)cc3nccnc23)CC1. The van der Waals surface area contributed by atoms with Crippen LogP contribution in [0, 0.1) is 0 Å². The summed E-state index contributed by atoms with van der Waals surface area (Å²) in [6.07, 6.45) is 7.37. The van der Waals surface area contributed by atoms with E-state index in [1.807, 2.05) is 12.1 Å². The summed E-state index contributed by atoms with van der Waals surface area (Å²) in [7, 11) is 0. The number of hydrogen-bond donors (Lipinski definition) is 3. The van der Waals surface area contributed by atoms with E-state index in [0.29, 0.717) is 17.8 Å². The van der Waals surface area contributed by atoms with Crippen molar-refractivity contribution >= 4 is 28.3 Å². The molecule has 0 unspecified atom stereocenters. The van der Waals surface area contributed by atoms with Crippen LogP contribution in [-0.4, -0.2) is 28.0 Å². The molecule has 0 spiro atoms. The highest BCUT2D eigenvalue weighted by molar-refractivity contribution is 5.90. The van der Waals surface area contributed by atoms with Crippen molar-refractivity contribution in [3.63, 3.8) is 0 Å². The number of amides is 1. The van der Waals surface area contributed by atoms with Gasteiger partial charge in [0.05, 0.1) is 11.2 Å². The molecule has 1 aliphatic carbocycles. The van der Waals surface area contributed by atoms with Crippen LogP contribution in [0.2, 0.25) is 0 Å². The maximum atomic E-state index is 11.1. The van der Waals surface area contributed by atoms with Crippen molar-refractivity contribution in [1.29, 1.82) is 0 Å². The third-order valence-corrected chi connectivity index (χ3v) is 4.09. The van der Waals surface area contributed by atoms with E-state index >= 15 is 0 Å². The second-order valence-electron chi connectivity index (χ2n) is 5.89. The zero-order chi connectivity index (χ0) is 15.5. The molecule has 1 fully saturated rings. The van der Waals surface area contributed by atoms with Crippen molar-refractivity contribution in [2.45, 2.75) is 44.7 Å². The Labute approximate surface area is 129 Å². The molecule has 1 amide bonds. The van der Waals surface area contributed by atoms with Crippen molar-refractivity contribution in [2.75, 3.05) is 11.1 Å². The topological polar surface area (TPSA) is 92.9 Å². The molecule has 0 saturated heterocycles. The maximum absolute atomic E-state index is 11.1. The lowest BCUT2D eigenvalue weighted by molar-refractivity contribution is -0.119. The third-order valence-electron chi connectivity index (χ3n) is 4.09. The monoisotopic (exact) mass is 299 g/mol. The number of aromatic nitrogens is 2. The number of fused-ring (bicyclic) bond motifs is 1. The van der Waals surface area contributed by atoms with Crippen LogP contribution in [0.1, 0.15) is 32.6 Å². The highest BCUT2D eigenvalue weighted by Gasteiger charge is 2.22. The van der Waals surface area contributed by atoms with E-state index in [2.05, 4.69) is 20.6 Å². The molecule has 0 bridgehead atoms. The molecule has 1 saturated carbocycles. The van der Waals surface area contributed by atoms with Crippen LogP contribution in [0.4, 0.5) is 11.4 Å². The fourth-order valence-electron chi connectivity index (χ4n) is 3.10. The summed E-state index contributed by atoms with van der Waals surface area (Å²) in [4.78, 5) is 19.8. The summed E-state index contributed by atoms with van der Waals surface area (Å²) in [6.45, 7) is 1.57. The van der Waals surface area contributed by atoms with Crippen molar-refractivity contribution < 1.29 is 4.79 Å². The van der Waals surface area contributed by atoms with Crippen molar-refractivity contribution in [1.82, 2.24) is 15.3 Å². The van der Waals surface area contributed by atoms with Gasteiger partial charge in [-0.15, -0.1) is 0 Å². The van der Waals surface area contributed by atoms with Gasteiger partial charge >= 0.3 is 0 Å². The Kier molecular flexibility index (Phi) is 4.09. The molecule has 1 aromatic carbocycles. The number of anilines is 2. The van der Waals surface area contributed by atoms with Crippen LogP contribution in [0.15, 0.2) is 24.5 Å². The van der Waals surface area contributed by atoms with Gasteiger partial charge in [0.2, 0.25) is 5.91 Å². The quantitative estimate of drug-likeness (QED) is 0.754. The summed E-state index contributed by atoms with van der Waals surface area (Å²) < 4.78 is 0. The number of nitrogen functional groups attached to an aromatic ring is 1. The second kappa shape index (κ2) is 6.17. The minimum Gasteiger partial charge on any atom is -0.399 e. The van der Waals surface area contributed by atoms with Gasteiger partial charge in [-0.2, -0.15) is 0 Å². The average molecular weight is 299 g/mol. The molecule has 0 radical (unpaired) electrons. The summed E-state index contributed by atoms with van der Waals surface area (Å²) in [5, 5.41) is 6.54. The maximum Gasteiger partial charge on any atom is 0.217 e. The Bertz CT molecular complexity index is 679. The van der Waals surface area contributed by atoms with Gasteiger partial charge in [-0.1, -0.05) is 0 Å². The lowest BCUT2D eigenvalue weighted by Gasteiger charge is -2.30. The minimum absolute atomic E-state index is 0.0495. The number of hydrogen-bond acceptors (Lipinski definition) is 5. The zero-order valence-corrected chi connectivity index (χ0v) is 12.7. The number of nitrogens with two attached hydrogens (primary N) is 1. The van der Waals surface area contributed by atoms with Crippen LogP contribution < -0.4 is 16.4 Å². The molecular formula is C16H21N5O. The van der Waals surface area contributed by atoms with Gasteiger partial charge in [-0.3, -0.25) is 14.8 Å². The van der Waals surface area contributed by atoms with Crippen molar-refractivity contribution in [2.24, 2.45) is 0 Å². The number of benzene rings is 1. The van der Waals surface area contributed by atoms with Gasteiger partial charge in [0, 0.05) is 37.1 Å². The summed E-state index contributed by atoms with van der Waals surface area (Å²) >= 11 is 0. The van der Waals surface area contributed by atoms with Gasteiger partial charge in [0.15, 0.2) is 0 Å². The summed E-state index contributed by atoms with van der Waals surface area (Å²) in [5.41, 5.74) is 9.22. The first kappa shape index (κ1) is 14.6. The fraction of sp³-hybridized carbons (Fsp3) is 0.438. The van der Waals surface area contributed by atoms with E-state index in [0.717, 1.165) is 42.4 Å². The van der Waals surface area contributed by atoms with E-state index < -0.39 is 0 Å². The summed E-state index contributed by atoms with van der Waals surface area (Å²) in [6, 6.07) is 4.42. The van der Waals surface area contributed by atoms with E-state index in [1.54, 1.807) is 19.3 Å². The lowest BCUT2D eigenvalue weighted by atomic mass is 9.91. The van der Waals surface area contributed by atoms with Crippen LogP contribution in [0.5, 0.6) is 0 Å². The van der Waals surface area contributed by atoms with Gasteiger partial charge in [0.1, 0.15) is 5.52 Å². The highest BCUT2D eigenvalue weighted by Crippen LogP contribution is 2.27. The molecule has 4 N–H and O–H groups in total. The van der Waals surface area contributed by atoms with E-state index in [4.69, 9.17) is 5.73 Å². The number of nitrogens with one attached hydrogen (secondary N) is 2. The van der Waals surface area contributed by atoms with Crippen molar-refractivity contribution in [3.05, 3.63) is 24.5 Å². The van der Waals surface area contributed by atoms with Crippen LogP contribution in [-0.2, 0) is 4.79 Å². The molecule has 3 rings (SSSR count). The molecule has 116 valence electrons. The fourth-order valence-corrected chi connectivity index (χ4v) is 3.10. The van der Waals surface area contributed by atoms with E-state index in [1.165, 1.54) is 0 Å². The molecule has 0 aliphatic heterocycles. The van der Waals surface area contributed by atoms with Gasteiger partial charge < -0.3 is 16.4 Å². The molecule has 22 heavy (non-hydrogen) atoms. The predicted octanol–water partition coefficient (Wildman–Crippen LogP) is 2.07. The molecule has 0 atom stereocenters. The molecule has 1 aromatic heterocycles. The Morgan fingerprint density at radius 1 is 1.14 bits per heavy atom. The summed E-state index contributed by atoms with van der Waals surface area (Å²) in [5.74, 6) is 0.0495. The largest absolute Gasteiger partial charge is 0.399 e. The predicted molar refractivity (Wildman–Crippen MR) is 87.4 cm³/mol. The zero-order valence-electron chi connectivity index (χ0n) is 12.7. The van der Waals surface area contributed by atoms with Gasteiger partial charge in [-0.05, 0) is 37.8 Å². The molecule has 6 heteroatoms. The van der Waals surface area contributed by atoms with Crippen LogP contribution in [0.3, 0.4) is 0 Å². The number of rotatable bonds is 3. The minimum atomic E-state index is 0.0495. The van der Waals surface area contributed by atoms with E-state index in [-0.39, 0.29) is 5.91 Å². The first-order valence-electron chi connectivity index (χ1n) is 7.65. The normalized spacial score (nSPS) is 21.5. The Balaban J connectivity index is 1.71. The molecular weight excluding hydrogens is 278 g/mol. The second-order valence-corrected chi connectivity index (χ2v) is 5.89. The molecule has 1 aliphatic rings. The lowest BCUT2D eigenvalue weighted by Crippen LogP contribution is -2.39. The molecule has 2 aromatic rings. The average Bonchev–Trinajstić information content (AvgIpc) is 2.48. The third kappa shape index (κ3) is 3.27. The molecule has 1 heterocycles. The van der Waals surface area contributed by atoms with E-state index in [9.17, 15) is 4.79 Å². The standard InChI is InChI=1S/C16H21N5O/c1-10(22)20-12-2-4-13(5-3-12)21-15-9-11(17)8-14-16(15)19-7-6-18-14/h6-9,12-13,21H,2-5,17H2,1H3,(H,20,22). The van der Waals surface area contributed by atoms with Crippen LogP contribution in [0.25, 0.3) is 11.0 Å². The number of nitrogens with zero attached hydrogens (tertiary/aromatic N) is 2. The highest BCUT2D eigenvalue weighted by atomic mass is 16.1. The molecule has 6 nitrogen and oxygen atoms in total. The Morgan fingerprint density at radius 3 is 2.55 bits per heavy atom. The van der Waals surface area contributed by atoms with Gasteiger partial charge in [-0.25, -0.2) is 0 Å². The van der Waals surface area contributed by atoms with Crippen LogP contribution >= 0.6 is 0 Å². The number of carbonyl (C=O) groups excluding carboxylic acids is 1. The Hall–Kier alpha value is -2.37.